The second kappa shape index (κ2) is 3.95. The van der Waals surface area contributed by atoms with Crippen LogP contribution in [0.15, 0.2) is 11.6 Å². The molecule has 3 atom stereocenters. The Kier molecular flexibility index (Phi) is 2.93. The van der Waals surface area contributed by atoms with Crippen molar-refractivity contribution in [1.29, 1.82) is 0 Å². The Morgan fingerprint density at radius 3 is 2.67 bits per heavy atom. The lowest BCUT2D eigenvalue weighted by Crippen LogP contribution is -2.50. The molecular formula is C13H22N2O3. The molecule has 18 heavy (non-hydrogen) atoms. The Hall–Kier alpha value is -1.10. The maximum atomic E-state index is 10.3. The fourth-order valence-electron chi connectivity index (χ4n) is 3.99. The van der Waals surface area contributed by atoms with Gasteiger partial charge in [-0.3, -0.25) is 0 Å². The van der Waals surface area contributed by atoms with Crippen LogP contribution >= 0.6 is 0 Å². The van der Waals surface area contributed by atoms with Crippen molar-refractivity contribution in [3.8, 4) is 0 Å². The van der Waals surface area contributed by atoms with Crippen LogP contribution in [0.4, 0.5) is 0 Å². The van der Waals surface area contributed by atoms with E-state index in [0.29, 0.717) is 6.54 Å². The first kappa shape index (κ1) is 13.3. The first-order valence-electron chi connectivity index (χ1n) is 6.50. The Balaban J connectivity index is 2.20. The summed E-state index contributed by atoms with van der Waals surface area (Å²) in [5.74, 6) is 0. The molecule has 1 saturated carbocycles. The van der Waals surface area contributed by atoms with E-state index < -0.39 is 5.09 Å². The Morgan fingerprint density at radius 2 is 2.17 bits per heavy atom. The van der Waals surface area contributed by atoms with Crippen molar-refractivity contribution in [2.24, 2.45) is 22.0 Å². The summed E-state index contributed by atoms with van der Waals surface area (Å²) in [7, 11) is 0. The van der Waals surface area contributed by atoms with Gasteiger partial charge in [-0.1, -0.05) is 32.4 Å². The van der Waals surface area contributed by atoms with Crippen LogP contribution in [0.3, 0.4) is 0 Å². The van der Waals surface area contributed by atoms with Gasteiger partial charge in [0.1, 0.15) is 6.61 Å². The van der Waals surface area contributed by atoms with Gasteiger partial charge in [0.05, 0.1) is 0 Å². The molecule has 0 radical (unpaired) electrons. The molecule has 3 unspecified atom stereocenters. The van der Waals surface area contributed by atoms with Crippen molar-refractivity contribution in [2.75, 3.05) is 13.2 Å². The van der Waals surface area contributed by atoms with Gasteiger partial charge in [-0.2, -0.15) is 0 Å². The second-order valence-electron chi connectivity index (χ2n) is 6.46. The van der Waals surface area contributed by atoms with Gasteiger partial charge in [0.2, 0.25) is 0 Å². The summed E-state index contributed by atoms with van der Waals surface area (Å²) in [6.07, 6.45) is 5.24. The van der Waals surface area contributed by atoms with Crippen LogP contribution in [0, 0.1) is 26.4 Å². The number of rotatable bonds is 5. The van der Waals surface area contributed by atoms with Gasteiger partial charge in [-0.05, 0) is 24.7 Å². The van der Waals surface area contributed by atoms with Gasteiger partial charge in [-0.25, -0.2) is 0 Å². The summed E-state index contributed by atoms with van der Waals surface area (Å²) >= 11 is 0. The van der Waals surface area contributed by atoms with E-state index in [1.165, 1.54) is 5.57 Å². The highest BCUT2D eigenvalue weighted by Crippen LogP contribution is 2.68. The van der Waals surface area contributed by atoms with E-state index >= 15 is 0 Å². The third kappa shape index (κ3) is 1.81. The van der Waals surface area contributed by atoms with Gasteiger partial charge in [0.25, 0.3) is 5.09 Å². The lowest BCUT2D eigenvalue weighted by molar-refractivity contribution is -0.760. The van der Waals surface area contributed by atoms with Crippen LogP contribution in [0.1, 0.15) is 40.0 Å². The minimum absolute atomic E-state index is 0.0689. The highest BCUT2D eigenvalue weighted by Gasteiger charge is 2.60. The largest absolute Gasteiger partial charge is 0.330 e. The van der Waals surface area contributed by atoms with Crippen LogP contribution in [0.5, 0.6) is 0 Å². The summed E-state index contributed by atoms with van der Waals surface area (Å²) < 4.78 is 0. The SMILES string of the molecule is CCC1(C)CC2(CN)CC(C)(CO[N+](=O)[O-])C=C12. The third-order valence-electron chi connectivity index (χ3n) is 4.86. The Morgan fingerprint density at radius 1 is 1.50 bits per heavy atom. The second-order valence-corrected chi connectivity index (χ2v) is 6.46. The highest BCUT2D eigenvalue weighted by atomic mass is 16.9. The Bertz CT molecular complexity index is 409. The van der Waals surface area contributed by atoms with Gasteiger partial charge in [0, 0.05) is 17.4 Å². The molecular weight excluding hydrogens is 232 g/mol. The lowest BCUT2D eigenvalue weighted by Gasteiger charge is -2.55. The number of hydrogen-bond donors (Lipinski definition) is 1. The van der Waals surface area contributed by atoms with E-state index in [4.69, 9.17) is 5.73 Å². The molecule has 2 rings (SSSR count). The van der Waals surface area contributed by atoms with E-state index in [1.54, 1.807) is 0 Å². The van der Waals surface area contributed by atoms with Crippen LogP contribution in [0.2, 0.25) is 0 Å². The molecule has 0 saturated heterocycles. The fourth-order valence-corrected chi connectivity index (χ4v) is 3.99. The normalized spacial score (nSPS) is 41.9. The number of hydrogen-bond acceptors (Lipinski definition) is 4. The molecule has 0 amide bonds. The molecule has 0 aromatic heterocycles. The summed E-state index contributed by atoms with van der Waals surface area (Å²) in [4.78, 5) is 14.9. The van der Waals surface area contributed by atoms with Crippen LogP contribution < -0.4 is 5.73 Å². The number of nitrogens with two attached hydrogens (primary N) is 1. The molecule has 0 heterocycles. The van der Waals surface area contributed by atoms with Gasteiger partial charge < -0.3 is 10.6 Å². The molecule has 0 aromatic carbocycles. The highest BCUT2D eigenvalue weighted by molar-refractivity contribution is 5.40. The van der Waals surface area contributed by atoms with Crippen molar-refractivity contribution in [3.63, 3.8) is 0 Å². The molecule has 2 N–H and O–H groups in total. The van der Waals surface area contributed by atoms with Gasteiger partial charge >= 0.3 is 0 Å². The van der Waals surface area contributed by atoms with Crippen molar-refractivity contribution in [1.82, 2.24) is 0 Å². The monoisotopic (exact) mass is 254 g/mol. The van der Waals surface area contributed by atoms with Crippen LogP contribution in [-0.4, -0.2) is 18.2 Å². The summed E-state index contributed by atoms with van der Waals surface area (Å²) in [6.45, 7) is 7.22. The molecule has 0 bridgehead atoms. The molecule has 0 aromatic rings. The van der Waals surface area contributed by atoms with Crippen LogP contribution in [0.25, 0.3) is 0 Å². The summed E-state index contributed by atoms with van der Waals surface area (Å²) in [5.41, 5.74) is 7.39. The van der Waals surface area contributed by atoms with Crippen molar-refractivity contribution < 1.29 is 9.92 Å². The van der Waals surface area contributed by atoms with Gasteiger partial charge in [0.15, 0.2) is 0 Å². The number of nitrogens with zero attached hydrogens (tertiary/aromatic N) is 1. The van der Waals surface area contributed by atoms with Crippen molar-refractivity contribution in [2.45, 2.75) is 40.0 Å². The van der Waals surface area contributed by atoms with Gasteiger partial charge in [-0.15, -0.1) is 10.1 Å². The predicted molar refractivity (Wildman–Crippen MR) is 68.3 cm³/mol. The predicted octanol–water partition coefficient (Wildman–Crippen LogP) is 2.30. The van der Waals surface area contributed by atoms with E-state index in [2.05, 4.69) is 24.8 Å². The molecule has 2 aliphatic carbocycles. The maximum absolute atomic E-state index is 10.3. The minimum Gasteiger partial charge on any atom is -0.330 e. The van der Waals surface area contributed by atoms with E-state index in [-0.39, 0.29) is 22.9 Å². The number of fused-ring (bicyclic) bond motifs is 1. The Labute approximate surface area is 107 Å². The lowest BCUT2D eigenvalue weighted by atomic mass is 9.49. The minimum atomic E-state index is -0.710. The summed E-state index contributed by atoms with van der Waals surface area (Å²) in [6, 6.07) is 0. The third-order valence-corrected chi connectivity index (χ3v) is 4.86. The molecule has 2 aliphatic rings. The summed E-state index contributed by atoms with van der Waals surface area (Å²) in [5, 5.41) is 9.64. The zero-order valence-electron chi connectivity index (χ0n) is 11.4. The molecule has 5 nitrogen and oxygen atoms in total. The zero-order chi connectivity index (χ0) is 13.6. The van der Waals surface area contributed by atoms with Crippen molar-refractivity contribution >= 4 is 0 Å². The average Bonchev–Trinajstić information content (AvgIpc) is 2.57. The standard InChI is InChI=1S/C13H22N2O3/c1-4-12(3)7-13(8-14)6-11(2,5-10(12)13)9-18-15(16)17/h5H,4,6-9,14H2,1-3H3. The average molecular weight is 254 g/mol. The first-order valence-corrected chi connectivity index (χ1v) is 6.50. The molecule has 102 valence electrons. The molecule has 0 aliphatic heterocycles. The van der Waals surface area contributed by atoms with E-state index in [1.807, 2.05) is 6.92 Å². The van der Waals surface area contributed by atoms with E-state index in [0.717, 1.165) is 19.3 Å². The smallest absolute Gasteiger partial charge is 0.294 e. The van der Waals surface area contributed by atoms with Crippen LogP contribution in [-0.2, 0) is 4.84 Å². The fraction of sp³-hybridized carbons (Fsp3) is 0.846. The zero-order valence-corrected chi connectivity index (χ0v) is 11.4. The molecule has 1 fully saturated rings. The topological polar surface area (TPSA) is 78.4 Å². The molecule has 0 spiro atoms. The van der Waals surface area contributed by atoms with Crippen molar-refractivity contribution in [3.05, 3.63) is 21.8 Å². The quantitative estimate of drug-likeness (QED) is 0.464. The maximum Gasteiger partial charge on any atom is 0.294 e. The first-order chi connectivity index (χ1) is 8.29. The molecule has 5 heteroatoms. The van der Waals surface area contributed by atoms with E-state index in [9.17, 15) is 10.1 Å².